The number of unbranched alkanes of at least 4 members (excludes halogenated alkanes) is 50. The predicted octanol–water partition coefficient (Wildman–Crippen LogP) is 25.1. The van der Waals surface area contributed by atoms with Crippen molar-refractivity contribution in [3.8, 4) is 0 Å². The molecular formula is C79H152N2O7P+. The van der Waals surface area contributed by atoms with Crippen molar-refractivity contribution in [3.05, 3.63) is 48.6 Å². The number of rotatable bonds is 72. The van der Waals surface area contributed by atoms with Crippen molar-refractivity contribution in [3.63, 3.8) is 0 Å². The fourth-order valence-corrected chi connectivity index (χ4v) is 12.5. The molecule has 3 unspecified atom stereocenters. The van der Waals surface area contributed by atoms with Crippen LogP contribution in [0.1, 0.15) is 393 Å². The van der Waals surface area contributed by atoms with E-state index < -0.39 is 20.0 Å². The van der Waals surface area contributed by atoms with Crippen LogP contribution in [0.25, 0.3) is 0 Å². The zero-order chi connectivity index (χ0) is 64.9. The van der Waals surface area contributed by atoms with Gasteiger partial charge >= 0.3 is 13.8 Å². The van der Waals surface area contributed by atoms with Crippen LogP contribution in [0.15, 0.2) is 48.6 Å². The Kier molecular flexibility index (Phi) is 67.2. The number of nitrogens with one attached hydrogen (secondary N) is 1. The molecule has 0 aromatic heterocycles. The van der Waals surface area contributed by atoms with Crippen LogP contribution in [0.5, 0.6) is 0 Å². The Balaban J connectivity index is 4.87. The highest BCUT2D eigenvalue weighted by atomic mass is 31.2. The summed E-state index contributed by atoms with van der Waals surface area (Å²) in [4.78, 5) is 38.0. The zero-order valence-corrected chi connectivity index (χ0v) is 61.1. The van der Waals surface area contributed by atoms with E-state index in [1.807, 2.05) is 33.3 Å². The van der Waals surface area contributed by atoms with Crippen molar-refractivity contribution >= 4 is 19.7 Å². The number of hydrogen-bond donors (Lipinski definition) is 2. The molecule has 0 aliphatic carbocycles. The molecule has 0 radical (unpaired) electrons. The maximum atomic E-state index is 13.6. The van der Waals surface area contributed by atoms with Crippen LogP contribution in [0.3, 0.4) is 0 Å². The quantitative estimate of drug-likeness (QED) is 0.0205. The van der Waals surface area contributed by atoms with Crippen molar-refractivity contribution in [2.24, 2.45) is 0 Å². The lowest BCUT2D eigenvalue weighted by Gasteiger charge is -2.27. The third-order valence-corrected chi connectivity index (χ3v) is 18.7. The molecule has 0 aromatic carbocycles. The van der Waals surface area contributed by atoms with Crippen molar-refractivity contribution < 1.29 is 37.3 Å². The number of amides is 1. The van der Waals surface area contributed by atoms with Crippen molar-refractivity contribution in [1.29, 1.82) is 0 Å². The molecule has 3 atom stereocenters. The second kappa shape index (κ2) is 68.8. The van der Waals surface area contributed by atoms with E-state index in [0.29, 0.717) is 23.9 Å². The van der Waals surface area contributed by atoms with Gasteiger partial charge in [0.25, 0.3) is 0 Å². The fraction of sp³-hybridized carbons (Fsp3) is 0.873. The molecule has 9 nitrogen and oxygen atoms in total. The summed E-state index contributed by atoms with van der Waals surface area (Å²) in [6, 6.07) is -0.847. The number of esters is 1. The molecule has 0 fully saturated rings. The van der Waals surface area contributed by atoms with E-state index in [0.717, 1.165) is 64.2 Å². The largest absolute Gasteiger partial charge is 0.472 e. The van der Waals surface area contributed by atoms with Gasteiger partial charge in [0, 0.05) is 12.8 Å². The number of nitrogens with zero attached hydrogens (tertiary/aromatic N) is 1. The smallest absolute Gasteiger partial charge is 0.456 e. The number of carbonyl (C=O) groups excluding carboxylic acids is 2. The van der Waals surface area contributed by atoms with Crippen LogP contribution in [0.2, 0.25) is 0 Å². The standard InChI is InChI=1S/C79H151N2O7P/c1-7-10-13-16-19-22-25-27-29-31-33-35-37-39-40-42-43-45-47-49-51-53-56-59-62-65-68-71-78(82)80-76(75-87-89(84,85)86-74-73-81(4,5)6)77(70-67-64-61-58-55-24-21-18-15-12-9-3)88-79(83)72-69-66-63-60-57-54-52-50-48-46-44-41-38-36-34-32-30-28-26-23-20-17-14-11-8-2/h20,23,27-30,67,70,76-77H,7-19,21-22,24-26,31-66,68-69,71-75H2,1-6H3,(H-,80,82,84,85)/p+1/b23-20-,29-27+,30-28-,70-67+. The molecule has 0 spiro atoms. The van der Waals surface area contributed by atoms with Gasteiger partial charge in [-0.2, -0.15) is 0 Å². The second-order valence-corrected chi connectivity index (χ2v) is 29.3. The van der Waals surface area contributed by atoms with Crippen LogP contribution in [-0.4, -0.2) is 74.3 Å². The van der Waals surface area contributed by atoms with Crippen LogP contribution in [-0.2, 0) is 27.9 Å². The van der Waals surface area contributed by atoms with Gasteiger partial charge in [-0.05, 0) is 89.5 Å². The highest BCUT2D eigenvalue weighted by Gasteiger charge is 2.30. The third-order valence-electron chi connectivity index (χ3n) is 17.7. The van der Waals surface area contributed by atoms with Crippen LogP contribution in [0.4, 0.5) is 0 Å². The van der Waals surface area contributed by atoms with Gasteiger partial charge in [0.2, 0.25) is 5.91 Å². The Morgan fingerprint density at radius 3 is 1.04 bits per heavy atom. The number of likely N-dealkylation sites (N-methyl/N-ethyl adjacent to an activating group) is 1. The number of allylic oxidation sites excluding steroid dienone is 7. The first-order chi connectivity index (χ1) is 43.4. The normalized spacial score (nSPS) is 13.7. The molecule has 2 N–H and O–H groups in total. The molecular weight excluding hydrogens is 1120 g/mol. The van der Waals surface area contributed by atoms with Gasteiger partial charge in [0.05, 0.1) is 33.8 Å². The SMILES string of the molecule is CCCCC/C=C\C/C=C\CCCCCCCCCCCCCCCCCC(=O)OC(/C=C/CCCCCCCCCCC)C(COP(=O)(O)OCC[N+](C)(C)C)NC(=O)CCCCCCCCCCCCCCCCCCC/C=C/CCCCCCCC. The molecule has 0 bridgehead atoms. The summed E-state index contributed by atoms with van der Waals surface area (Å²) in [5.74, 6) is -0.485. The minimum absolute atomic E-state index is 0.0426. The summed E-state index contributed by atoms with van der Waals surface area (Å²) in [5.41, 5.74) is 0. The molecule has 0 aliphatic heterocycles. The molecule has 0 saturated carbocycles. The fourth-order valence-electron chi connectivity index (χ4n) is 11.7. The van der Waals surface area contributed by atoms with Gasteiger partial charge in [-0.15, -0.1) is 0 Å². The second-order valence-electron chi connectivity index (χ2n) is 27.9. The molecule has 0 aromatic rings. The van der Waals surface area contributed by atoms with Gasteiger partial charge in [-0.1, -0.05) is 339 Å². The Morgan fingerprint density at radius 1 is 0.393 bits per heavy atom. The monoisotopic (exact) mass is 1270 g/mol. The Morgan fingerprint density at radius 2 is 0.685 bits per heavy atom. The molecule has 10 heteroatoms. The lowest BCUT2D eigenvalue weighted by atomic mass is 10.0. The maximum Gasteiger partial charge on any atom is 0.472 e. The number of carbonyl (C=O) groups is 2. The Bertz CT molecular complexity index is 1660. The summed E-state index contributed by atoms with van der Waals surface area (Å²) in [6.07, 6.45) is 88.6. The van der Waals surface area contributed by atoms with Crippen molar-refractivity contribution in [1.82, 2.24) is 5.32 Å². The minimum Gasteiger partial charge on any atom is -0.456 e. The van der Waals surface area contributed by atoms with E-state index >= 15 is 0 Å². The molecule has 89 heavy (non-hydrogen) atoms. The van der Waals surface area contributed by atoms with Crippen LogP contribution >= 0.6 is 7.82 Å². The highest BCUT2D eigenvalue weighted by Crippen LogP contribution is 2.43. The topological polar surface area (TPSA) is 111 Å². The first kappa shape index (κ1) is 87.0. The third kappa shape index (κ3) is 70.1. The zero-order valence-electron chi connectivity index (χ0n) is 60.2. The van der Waals surface area contributed by atoms with Gasteiger partial charge in [-0.3, -0.25) is 18.6 Å². The summed E-state index contributed by atoms with van der Waals surface area (Å²) in [7, 11) is 1.51. The van der Waals surface area contributed by atoms with Crippen LogP contribution < -0.4 is 5.32 Å². The van der Waals surface area contributed by atoms with Gasteiger partial charge < -0.3 is 19.4 Å². The summed E-state index contributed by atoms with van der Waals surface area (Å²) in [6.45, 7) is 7.04. The molecule has 0 saturated heterocycles. The predicted molar refractivity (Wildman–Crippen MR) is 388 cm³/mol. The highest BCUT2D eigenvalue weighted by molar-refractivity contribution is 7.47. The van der Waals surface area contributed by atoms with Gasteiger partial charge in [0.15, 0.2) is 0 Å². The lowest BCUT2D eigenvalue weighted by molar-refractivity contribution is -0.870. The van der Waals surface area contributed by atoms with E-state index in [4.69, 9.17) is 13.8 Å². The van der Waals surface area contributed by atoms with E-state index in [2.05, 4.69) is 62.5 Å². The number of hydrogen-bond acceptors (Lipinski definition) is 6. The summed E-state index contributed by atoms with van der Waals surface area (Å²) < 4.78 is 30.9. The summed E-state index contributed by atoms with van der Waals surface area (Å²) >= 11 is 0. The van der Waals surface area contributed by atoms with E-state index in [9.17, 15) is 19.0 Å². The van der Waals surface area contributed by atoms with Crippen LogP contribution in [0, 0.1) is 0 Å². The molecule has 1 amide bonds. The van der Waals surface area contributed by atoms with Gasteiger partial charge in [0.1, 0.15) is 19.3 Å². The minimum atomic E-state index is -4.45. The first-order valence-electron chi connectivity index (χ1n) is 39.0. The van der Waals surface area contributed by atoms with E-state index in [-0.39, 0.29) is 25.1 Å². The summed E-state index contributed by atoms with van der Waals surface area (Å²) in [5, 5.41) is 3.08. The first-order valence-corrected chi connectivity index (χ1v) is 40.5. The molecule has 0 rings (SSSR count). The number of phosphoric acid groups is 1. The van der Waals surface area contributed by atoms with Gasteiger partial charge in [-0.25, -0.2) is 4.57 Å². The van der Waals surface area contributed by atoms with Crippen molar-refractivity contribution in [2.75, 3.05) is 40.9 Å². The Labute approximate surface area is 554 Å². The molecule has 524 valence electrons. The number of phosphoric ester groups is 1. The molecule has 0 heterocycles. The van der Waals surface area contributed by atoms with E-state index in [1.165, 1.54) is 295 Å². The van der Waals surface area contributed by atoms with E-state index in [1.54, 1.807) is 0 Å². The Hall–Kier alpha value is -2.03. The number of ether oxygens (including phenoxy) is 1. The lowest BCUT2D eigenvalue weighted by Crippen LogP contribution is -2.47. The number of quaternary nitrogens is 1. The average molecular weight is 1270 g/mol. The average Bonchev–Trinajstić information content (AvgIpc) is 3.64. The molecule has 0 aliphatic rings. The maximum absolute atomic E-state index is 13.6. The van der Waals surface area contributed by atoms with Crippen molar-refractivity contribution in [2.45, 2.75) is 405 Å².